The molecular weight excluding hydrogens is 428 g/mol. The van der Waals surface area contributed by atoms with E-state index in [9.17, 15) is 14.4 Å². The second-order valence-electron chi connectivity index (χ2n) is 9.15. The summed E-state index contributed by atoms with van der Waals surface area (Å²) in [6, 6.07) is 0.354. The smallest absolute Gasteiger partial charge is 0.273 e. The monoisotopic (exact) mass is 460 g/mol. The van der Waals surface area contributed by atoms with Crippen LogP contribution in [0.1, 0.15) is 58.8 Å². The van der Waals surface area contributed by atoms with Crippen LogP contribution in [0, 0.1) is 5.92 Å². The minimum absolute atomic E-state index is 0.0149. The Morgan fingerprint density at radius 3 is 2.56 bits per heavy atom. The quantitative estimate of drug-likeness (QED) is 0.683. The summed E-state index contributed by atoms with van der Waals surface area (Å²) in [4.78, 5) is 48.6. The summed E-state index contributed by atoms with van der Waals surface area (Å²) < 4.78 is 1.83. The molecule has 0 aromatic carbocycles. The number of thiazole rings is 1. The van der Waals surface area contributed by atoms with Crippen molar-refractivity contribution in [1.82, 2.24) is 25.2 Å². The molecule has 0 spiro atoms. The highest BCUT2D eigenvalue weighted by Crippen LogP contribution is 2.29. The molecule has 9 nitrogen and oxygen atoms in total. The third kappa shape index (κ3) is 5.28. The number of hydrogen-bond acceptors (Lipinski definition) is 7. The number of hydrogen-bond donors (Lipinski definition) is 2. The molecule has 2 amide bonds. The van der Waals surface area contributed by atoms with E-state index in [0.29, 0.717) is 23.4 Å². The largest absolute Gasteiger partial charge is 0.354 e. The molecule has 2 N–H and O–H groups in total. The van der Waals surface area contributed by atoms with Crippen LogP contribution in [-0.4, -0.2) is 51.5 Å². The minimum atomic E-state index is -0.233. The molecular formula is C22H32N6O3S. The third-order valence-electron chi connectivity index (χ3n) is 6.22. The Morgan fingerprint density at radius 2 is 1.88 bits per heavy atom. The van der Waals surface area contributed by atoms with Gasteiger partial charge in [-0.1, -0.05) is 30.6 Å². The summed E-state index contributed by atoms with van der Waals surface area (Å²) in [6.07, 6.45) is 8.45. The Balaban J connectivity index is 1.40. The van der Waals surface area contributed by atoms with Crippen molar-refractivity contribution in [2.75, 3.05) is 18.0 Å². The second-order valence-corrected chi connectivity index (χ2v) is 10.1. The molecule has 2 aromatic rings. The average Bonchev–Trinajstić information content (AvgIpc) is 3.21. The van der Waals surface area contributed by atoms with Gasteiger partial charge in [-0.2, -0.15) is 4.98 Å². The Labute approximate surface area is 191 Å². The molecule has 3 heterocycles. The first-order valence-electron chi connectivity index (χ1n) is 11.6. The first-order chi connectivity index (χ1) is 15.4. The van der Waals surface area contributed by atoms with Crippen molar-refractivity contribution >= 4 is 38.6 Å². The average molecular weight is 461 g/mol. The summed E-state index contributed by atoms with van der Waals surface area (Å²) in [7, 11) is 0. The SMILES string of the molecule is CC(C)NC(=O)C1CCN(c2nc3ncn(CC(=O)NC4CCCCC4)c(=O)c3s2)CC1. The fraction of sp³-hybridized carbons (Fsp3) is 0.682. The number of carbonyl (C=O) groups excluding carboxylic acids is 2. The highest BCUT2D eigenvalue weighted by atomic mass is 32.1. The van der Waals surface area contributed by atoms with Gasteiger partial charge in [0.25, 0.3) is 5.56 Å². The van der Waals surface area contributed by atoms with E-state index in [4.69, 9.17) is 0 Å². The molecule has 1 aliphatic carbocycles. The molecule has 0 atom stereocenters. The molecule has 2 aromatic heterocycles. The predicted molar refractivity (Wildman–Crippen MR) is 125 cm³/mol. The van der Waals surface area contributed by atoms with Crippen molar-refractivity contribution in [3.63, 3.8) is 0 Å². The standard InChI is InChI=1S/C22H32N6O3S/c1-14(2)24-20(30)15-8-10-27(11-9-15)22-26-19-18(32-22)21(31)28(13-23-19)12-17(29)25-16-6-4-3-5-7-16/h13-16H,3-12H2,1-2H3,(H,24,30)(H,25,29). The fourth-order valence-corrected chi connectivity index (χ4v) is 5.51. The third-order valence-corrected chi connectivity index (χ3v) is 7.32. The summed E-state index contributed by atoms with van der Waals surface area (Å²) in [6.45, 7) is 5.34. The van der Waals surface area contributed by atoms with Crippen LogP contribution in [0.4, 0.5) is 5.13 Å². The van der Waals surface area contributed by atoms with Gasteiger partial charge in [-0.15, -0.1) is 0 Å². The van der Waals surface area contributed by atoms with E-state index in [1.165, 1.54) is 28.7 Å². The lowest BCUT2D eigenvalue weighted by Crippen LogP contribution is -2.42. The van der Waals surface area contributed by atoms with Gasteiger partial charge in [0.1, 0.15) is 17.6 Å². The van der Waals surface area contributed by atoms with E-state index in [2.05, 4.69) is 25.5 Å². The number of piperidine rings is 1. The number of nitrogens with one attached hydrogen (secondary N) is 2. The van der Waals surface area contributed by atoms with Crippen LogP contribution in [-0.2, 0) is 16.1 Å². The van der Waals surface area contributed by atoms with E-state index in [0.717, 1.165) is 43.7 Å². The summed E-state index contributed by atoms with van der Waals surface area (Å²) >= 11 is 1.31. The second kappa shape index (κ2) is 9.97. The highest BCUT2D eigenvalue weighted by Gasteiger charge is 2.27. The molecule has 2 fully saturated rings. The molecule has 32 heavy (non-hydrogen) atoms. The number of amides is 2. The maximum atomic E-state index is 12.9. The van der Waals surface area contributed by atoms with Gasteiger partial charge in [0, 0.05) is 31.1 Å². The number of nitrogens with zero attached hydrogens (tertiary/aromatic N) is 4. The van der Waals surface area contributed by atoms with Gasteiger partial charge in [0.2, 0.25) is 11.8 Å². The van der Waals surface area contributed by atoms with Gasteiger partial charge >= 0.3 is 0 Å². The topological polar surface area (TPSA) is 109 Å². The molecule has 4 rings (SSSR count). The van der Waals surface area contributed by atoms with Crippen LogP contribution >= 0.6 is 11.3 Å². The Kier molecular flexibility index (Phi) is 7.07. The zero-order valence-electron chi connectivity index (χ0n) is 18.8. The van der Waals surface area contributed by atoms with Gasteiger partial charge in [0.05, 0.1) is 0 Å². The number of anilines is 1. The Bertz CT molecular complexity index is 1020. The number of rotatable bonds is 6. The van der Waals surface area contributed by atoms with Crippen molar-refractivity contribution in [1.29, 1.82) is 0 Å². The van der Waals surface area contributed by atoms with Crippen LogP contribution in [0.3, 0.4) is 0 Å². The molecule has 174 valence electrons. The van der Waals surface area contributed by atoms with Gasteiger partial charge in [-0.3, -0.25) is 19.0 Å². The van der Waals surface area contributed by atoms with Gasteiger partial charge < -0.3 is 15.5 Å². The lowest BCUT2D eigenvalue weighted by molar-refractivity contribution is -0.126. The highest BCUT2D eigenvalue weighted by molar-refractivity contribution is 7.22. The fourth-order valence-electron chi connectivity index (χ4n) is 4.49. The lowest BCUT2D eigenvalue weighted by Gasteiger charge is -2.31. The predicted octanol–water partition coefficient (Wildman–Crippen LogP) is 2.04. The van der Waals surface area contributed by atoms with Crippen molar-refractivity contribution in [2.45, 2.75) is 77.4 Å². The molecule has 2 aliphatic rings. The van der Waals surface area contributed by atoms with Crippen LogP contribution in [0.25, 0.3) is 10.3 Å². The Hall–Kier alpha value is -2.49. The first kappa shape index (κ1) is 22.7. The zero-order chi connectivity index (χ0) is 22.7. The van der Waals surface area contributed by atoms with Gasteiger partial charge in [0.15, 0.2) is 10.8 Å². The summed E-state index contributed by atoms with van der Waals surface area (Å²) in [5, 5.41) is 6.78. The van der Waals surface area contributed by atoms with Crippen LogP contribution in [0.2, 0.25) is 0 Å². The molecule has 1 aliphatic heterocycles. The maximum Gasteiger partial charge on any atom is 0.273 e. The molecule has 0 unspecified atom stereocenters. The van der Waals surface area contributed by atoms with Gasteiger partial charge in [-0.25, -0.2) is 4.98 Å². The van der Waals surface area contributed by atoms with Crippen molar-refractivity contribution in [2.24, 2.45) is 5.92 Å². The van der Waals surface area contributed by atoms with E-state index in [-0.39, 0.29) is 41.9 Å². The van der Waals surface area contributed by atoms with Crippen LogP contribution in [0.5, 0.6) is 0 Å². The van der Waals surface area contributed by atoms with Gasteiger partial charge in [-0.05, 0) is 39.5 Å². The zero-order valence-corrected chi connectivity index (χ0v) is 19.6. The van der Waals surface area contributed by atoms with E-state index in [1.807, 2.05) is 13.8 Å². The maximum absolute atomic E-state index is 12.9. The first-order valence-corrected chi connectivity index (χ1v) is 12.4. The van der Waals surface area contributed by atoms with E-state index in [1.54, 1.807) is 0 Å². The van der Waals surface area contributed by atoms with Crippen molar-refractivity contribution in [3.05, 3.63) is 16.7 Å². The van der Waals surface area contributed by atoms with Crippen molar-refractivity contribution < 1.29 is 9.59 Å². The minimum Gasteiger partial charge on any atom is -0.354 e. The number of carbonyl (C=O) groups is 2. The van der Waals surface area contributed by atoms with E-state index >= 15 is 0 Å². The molecule has 1 saturated heterocycles. The Morgan fingerprint density at radius 1 is 1.16 bits per heavy atom. The summed E-state index contributed by atoms with van der Waals surface area (Å²) in [5.41, 5.74) is 0.183. The molecule has 1 saturated carbocycles. The number of fused-ring (bicyclic) bond motifs is 1. The lowest BCUT2D eigenvalue weighted by atomic mass is 9.95. The summed E-state index contributed by atoms with van der Waals surface area (Å²) in [5.74, 6) is -0.0206. The van der Waals surface area contributed by atoms with E-state index < -0.39 is 0 Å². The number of aromatic nitrogens is 3. The van der Waals surface area contributed by atoms with Crippen molar-refractivity contribution in [3.8, 4) is 0 Å². The van der Waals surface area contributed by atoms with Crippen LogP contribution in [0.15, 0.2) is 11.1 Å². The normalized spacial score (nSPS) is 18.3. The molecule has 10 heteroatoms. The van der Waals surface area contributed by atoms with Crippen LogP contribution < -0.4 is 21.1 Å². The molecule has 0 radical (unpaired) electrons. The molecule has 0 bridgehead atoms.